The number of hydrogen-bond donors (Lipinski definition) is 1. The smallest absolute Gasteiger partial charge is 0.290 e. The van der Waals surface area contributed by atoms with Crippen molar-refractivity contribution in [3.05, 3.63) is 86.6 Å². The lowest BCUT2D eigenvalue weighted by Crippen LogP contribution is -2.31. The fourth-order valence-corrected chi connectivity index (χ4v) is 5.09. The molecule has 1 atom stereocenters. The predicted molar refractivity (Wildman–Crippen MR) is 129 cm³/mol. The molecule has 1 aliphatic rings. The second-order valence-electron chi connectivity index (χ2n) is 7.89. The molecule has 1 amide bonds. The van der Waals surface area contributed by atoms with Gasteiger partial charge in [-0.15, -0.1) is 11.3 Å². The third kappa shape index (κ3) is 4.28. The molecule has 2 aromatic carbocycles. The summed E-state index contributed by atoms with van der Waals surface area (Å²) in [5.74, 6) is -0.321. The summed E-state index contributed by atoms with van der Waals surface area (Å²) in [5, 5.41) is 11.7. The van der Waals surface area contributed by atoms with Gasteiger partial charge in [0.05, 0.1) is 47.5 Å². The lowest BCUT2D eigenvalue weighted by atomic mass is 9.94. The van der Waals surface area contributed by atoms with Crippen LogP contribution in [0.3, 0.4) is 0 Å². The standard InChI is InChI=1S/C26H26N2O5S/c1-5-33-19-11-8-10-17(13-19)22-21(23(29)25-15(2)27-16(3)34-25)24(30)26(31)28(22)14-18-9-6-7-12-20(18)32-4/h6-13,22,30H,5,14H2,1-4H3. The second kappa shape index (κ2) is 9.69. The van der Waals surface area contributed by atoms with Crippen LogP contribution in [0.2, 0.25) is 0 Å². The van der Waals surface area contributed by atoms with Gasteiger partial charge in [-0.1, -0.05) is 30.3 Å². The molecule has 0 saturated heterocycles. The Morgan fingerprint density at radius 3 is 2.62 bits per heavy atom. The van der Waals surface area contributed by atoms with E-state index >= 15 is 0 Å². The van der Waals surface area contributed by atoms with Gasteiger partial charge < -0.3 is 19.5 Å². The highest BCUT2D eigenvalue weighted by Crippen LogP contribution is 2.42. The van der Waals surface area contributed by atoms with Gasteiger partial charge >= 0.3 is 0 Å². The number of aryl methyl sites for hydroxylation is 2. The van der Waals surface area contributed by atoms with Crippen LogP contribution < -0.4 is 9.47 Å². The topological polar surface area (TPSA) is 89.0 Å². The maximum atomic E-state index is 13.7. The van der Waals surface area contributed by atoms with Crippen LogP contribution in [0.15, 0.2) is 59.9 Å². The first kappa shape index (κ1) is 23.5. The van der Waals surface area contributed by atoms with E-state index in [1.54, 1.807) is 20.1 Å². The summed E-state index contributed by atoms with van der Waals surface area (Å²) < 4.78 is 11.1. The molecular formula is C26H26N2O5S. The first-order valence-corrected chi connectivity index (χ1v) is 11.7. The van der Waals surface area contributed by atoms with Crippen LogP contribution >= 0.6 is 11.3 Å². The van der Waals surface area contributed by atoms with Gasteiger partial charge in [-0.25, -0.2) is 4.98 Å². The van der Waals surface area contributed by atoms with Crippen molar-refractivity contribution in [2.75, 3.05) is 13.7 Å². The van der Waals surface area contributed by atoms with Crippen LogP contribution in [-0.4, -0.2) is 40.4 Å². The van der Waals surface area contributed by atoms with Gasteiger partial charge in [0.25, 0.3) is 5.91 Å². The molecular weight excluding hydrogens is 452 g/mol. The van der Waals surface area contributed by atoms with Crippen LogP contribution in [-0.2, 0) is 11.3 Å². The van der Waals surface area contributed by atoms with Crippen LogP contribution in [0.4, 0.5) is 0 Å². The van der Waals surface area contributed by atoms with Crippen LogP contribution in [0.1, 0.15) is 44.5 Å². The molecule has 0 fully saturated rings. The molecule has 1 aliphatic heterocycles. The number of methoxy groups -OCH3 is 1. The Morgan fingerprint density at radius 1 is 1.18 bits per heavy atom. The van der Waals surface area contributed by atoms with Gasteiger partial charge in [-0.05, 0) is 44.5 Å². The molecule has 3 aromatic rings. The Hall–Kier alpha value is -3.65. The summed E-state index contributed by atoms with van der Waals surface area (Å²) in [4.78, 5) is 33.3. The number of rotatable bonds is 8. The van der Waals surface area contributed by atoms with Gasteiger partial charge in [-0.2, -0.15) is 0 Å². The van der Waals surface area contributed by atoms with E-state index in [9.17, 15) is 14.7 Å². The highest BCUT2D eigenvalue weighted by Gasteiger charge is 2.44. The average Bonchev–Trinajstić information content (AvgIpc) is 3.29. The predicted octanol–water partition coefficient (Wildman–Crippen LogP) is 4.95. The van der Waals surface area contributed by atoms with Crippen LogP contribution in [0.5, 0.6) is 11.5 Å². The van der Waals surface area contributed by atoms with E-state index in [1.165, 1.54) is 16.2 Å². The fourth-order valence-electron chi connectivity index (χ4n) is 4.22. The van der Waals surface area contributed by atoms with E-state index in [0.29, 0.717) is 34.2 Å². The van der Waals surface area contributed by atoms with E-state index in [1.807, 2.05) is 56.3 Å². The SMILES string of the molecule is CCOc1cccc(C2C(C(=O)c3sc(C)nc3C)=C(O)C(=O)N2Cc2ccccc2OC)c1. The van der Waals surface area contributed by atoms with Crippen molar-refractivity contribution in [1.82, 2.24) is 9.88 Å². The summed E-state index contributed by atoms with van der Waals surface area (Å²) in [5.41, 5.74) is 2.04. The number of hydrogen-bond acceptors (Lipinski definition) is 7. The average molecular weight is 479 g/mol. The first-order chi connectivity index (χ1) is 16.3. The van der Waals surface area contributed by atoms with Crippen LogP contribution in [0, 0.1) is 13.8 Å². The minimum Gasteiger partial charge on any atom is -0.503 e. The summed E-state index contributed by atoms with van der Waals surface area (Å²) >= 11 is 1.25. The number of nitrogens with zero attached hydrogens (tertiary/aromatic N) is 2. The summed E-state index contributed by atoms with van der Waals surface area (Å²) in [6.45, 7) is 6.08. The number of carbonyl (C=O) groups excluding carboxylic acids is 2. The Bertz CT molecular complexity index is 1280. The zero-order valence-electron chi connectivity index (χ0n) is 19.5. The third-order valence-corrected chi connectivity index (χ3v) is 6.75. The molecule has 7 nitrogen and oxygen atoms in total. The number of carbonyl (C=O) groups is 2. The largest absolute Gasteiger partial charge is 0.503 e. The molecule has 8 heteroatoms. The number of amides is 1. The minimum absolute atomic E-state index is 0.0419. The number of thiazole rings is 1. The quantitative estimate of drug-likeness (QED) is 0.461. The normalized spacial score (nSPS) is 15.7. The van der Waals surface area contributed by atoms with E-state index in [4.69, 9.17) is 9.47 Å². The van der Waals surface area contributed by atoms with Gasteiger partial charge in [0.15, 0.2) is 5.76 Å². The lowest BCUT2D eigenvalue weighted by molar-refractivity contribution is -0.130. The molecule has 0 aliphatic carbocycles. The van der Waals surface area contributed by atoms with E-state index in [-0.39, 0.29) is 12.1 Å². The van der Waals surface area contributed by atoms with Crippen molar-refractivity contribution in [2.24, 2.45) is 0 Å². The van der Waals surface area contributed by atoms with Gasteiger partial charge in [-0.3, -0.25) is 9.59 Å². The Morgan fingerprint density at radius 2 is 1.94 bits per heavy atom. The number of para-hydroxylation sites is 1. The number of aromatic nitrogens is 1. The van der Waals surface area contributed by atoms with Crippen LogP contribution in [0.25, 0.3) is 0 Å². The third-order valence-electron chi connectivity index (χ3n) is 5.68. The molecule has 0 saturated carbocycles. The van der Waals surface area contributed by atoms with Crippen molar-refractivity contribution in [2.45, 2.75) is 33.4 Å². The highest BCUT2D eigenvalue weighted by molar-refractivity contribution is 7.14. The van der Waals surface area contributed by atoms with Crippen molar-refractivity contribution in [3.8, 4) is 11.5 Å². The molecule has 0 radical (unpaired) electrons. The molecule has 4 rings (SSSR count). The molecule has 1 aromatic heterocycles. The first-order valence-electron chi connectivity index (χ1n) is 10.9. The lowest BCUT2D eigenvalue weighted by Gasteiger charge is -2.27. The Kier molecular flexibility index (Phi) is 6.70. The van der Waals surface area contributed by atoms with Crippen molar-refractivity contribution < 1.29 is 24.2 Å². The molecule has 0 spiro atoms. The number of Topliss-reactive ketones (excluding diaryl/α,β-unsaturated/α-hetero) is 1. The summed E-state index contributed by atoms with van der Waals surface area (Å²) in [6, 6.07) is 13.8. The fraction of sp³-hybridized carbons (Fsp3) is 0.269. The molecule has 34 heavy (non-hydrogen) atoms. The number of ketones is 1. The minimum atomic E-state index is -0.799. The van der Waals surface area contributed by atoms with Gasteiger partial charge in [0, 0.05) is 5.56 Å². The number of aliphatic hydroxyl groups is 1. The van der Waals surface area contributed by atoms with Crippen molar-refractivity contribution in [1.29, 1.82) is 0 Å². The molecule has 1 unspecified atom stereocenters. The molecule has 2 heterocycles. The summed E-state index contributed by atoms with van der Waals surface area (Å²) in [7, 11) is 1.56. The van der Waals surface area contributed by atoms with Gasteiger partial charge in [0.2, 0.25) is 5.78 Å². The maximum Gasteiger partial charge on any atom is 0.290 e. The molecule has 0 bridgehead atoms. The Balaban J connectivity index is 1.84. The zero-order valence-corrected chi connectivity index (χ0v) is 20.3. The monoisotopic (exact) mass is 478 g/mol. The van der Waals surface area contributed by atoms with E-state index in [2.05, 4.69) is 4.98 Å². The molecule has 176 valence electrons. The van der Waals surface area contributed by atoms with E-state index < -0.39 is 23.5 Å². The number of benzene rings is 2. The van der Waals surface area contributed by atoms with E-state index in [0.717, 1.165) is 10.6 Å². The highest BCUT2D eigenvalue weighted by atomic mass is 32.1. The second-order valence-corrected chi connectivity index (χ2v) is 9.09. The zero-order chi connectivity index (χ0) is 24.4. The summed E-state index contributed by atoms with van der Waals surface area (Å²) in [6.07, 6.45) is 0. The Labute approximate surface area is 202 Å². The number of ether oxygens (including phenoxy) is 2. The maximum absolute atomic E-state index is 13.7. The molecule has 1 N–H and O–H groups in total. The van der Waals surface area contributed by atoms with Gasteiger partial charge in [0.1, 0.15) is 11.5 Å². The number of aliphatic hydroxyl groups excluding tert-OH is 1. The van der Waals surface area contributed by atoms with Crippen molar-refractivity contribution >= 4 is 23.0 Å². The van der Waals surface area contributed by atoms with Crippen molar-refractivity contribution in [3.63, 3.8) is 0 Å².